The number of carbonyl (C=O) groups is 1. The molecular formula is C11H9FN2O2. The highest BCUT2D eigenvalue weighted by Gasteiger charge is 2.07. The van der Waals surface area contributed by atoms with Crippen LogP contribution >= 0.6 is 0 Å². The summed E-state index contributed by atoms with van der Waals surface area (Å²) in [5.74, 6) is 0.117. The predicted molar refractivity (Wildman–Crippen MR) is 55.5 cm³/mol. The third-order valence-electron chi connectivity index (χ3n) is 2.16. The van der Waals surface area contributed by atoms with Crippen LogP contribution in [0.3, 0.4) is 0 Å². The summed E-state index contributed by atoms with van der Waals surface area (Å²) in [7, 11) is 1.52. The average Bonchev–Trinajstić information content (AvgIpc) is 2.77. The second-order valence-electron chi connectivity index (χ2n) is 3.15. The Morgan fingerprint density at radius 3 is 2.94 bits per heavy atom. The largest absolute Gasteiger partial charge is 0.493 e. The topological polar surface area (TPSA) is 44.1 Å². The van der Waals surface area contributed by atoms with E-state index in [1.807, 2.05) is 0 Å². The molecule has 0 radical (unpaired) electrons. The highest BCUT2D eigenvalue weighted by molar-refractivity contribution is 5.80. The Balaban J connectivity index is 2.50. The monoisotopic (exact) mass is 220 g/mol. The number of rotatable bonds is 3. The van der Waals surface area contributed by atoms with Crippen molar-refractivity contribution in [3.05, 3.63) is 42.0 Å². The predicted octanol–water partition coefficient (Wildman–Crippen LogP) is 1.83. The normalized spacial score (nSPS) is 10.1. The van der Waals surface area contributed by atoms with Gasteiger partial charge in [0.1, 0.15) is 5.82 Å². The third kappa shape index (κ3) is 1.79. The van der Waals surface area contributed by atoms with Crippen LogP contribution in [0.2, 0.25) is 0 Å². The molecule has 1 aromatic heterocycles. The van der Waals surface area contributed by atoms with Gasteiger partial charge < -0.3 is 4.74 Å². The summed E-state index contributed by atoms with van der Waals surface area (Å²) in [5.41, 5.74) is 0.755. The van der Waals surface area contributed by atoms with E-state index in [-0.39, 0.29) is 5.56 Å². The number of methoxy groups -OCH3 is 1. The average molecular weight is 220 g/mol. The van der Waals surface area contributed by atoms with Gasteiger partial charge in [-0.3, -0.25) is 4.79 Å². The van der Waals surface area contributed by atoms with Crippen LogP contribution in [0.25, 0.3) is 5.69 Å². The van der Waals surface area contributed by atoms with Gasteiger partial charge in [-0.25, -0.2) is 9.07 Å². The molecule has 0 unspecified atom stereocenters. The third-order valence-corrected chi connectivity index (χ3v) is 2.16. The Morgan fingerprint density at radius 2 is 2.31 bits per heavy atom. The lowest BCUT2D eigenvalue weighted by molar-refractivity contribution is 0.112. The fourth-order valence-electron chi connectivity index (χ4n) is 1.37. The van der Waals surface area contributed by atoms with Crippen molar-refractivity contribution in [3.63, 3.8) is 0 Å². The fraction of sp³-hybridized carbons (Fsp3) is 0.0909. The summed E-state index contributed by atoms with van der Waals surface area (Å²) >= 11 is 0. The van der Waals surface area contributed by atoms with E-state index < -0.39 is 5.82 Å². The fourth-order valence-corrected chi connectivity index (χ4v) is 1.37. The summed E-state index contributed by atoms with van der Waals surface area (Å²) in [4.78, 5) is 10.8. The smallest absolute Gasteiger partial charge is 0.157 e. The number of halogens is 1. The summed E-state index contributed by atoms with van der Waals surface area (Å²) in [6.45, 7) is 0. The van der Waals surface area contributed by atoms with Crippen LogP contribution in [-0.4, -0.2) is 23.2 Å². The maximum absolute atomic E-state index is 12.9. The van der Waals surface area contributed by atoms with Crippen LogP contribution in [-0.2, 0) is 0 Å². The number of aromatic nitrogens is 2. The van der Waals surface area contributed by atoms with Crippen molar-refractivity contribution < 1.29 is 13.9 Å². The SMILES string of the molecule is COc1cnn(-c2ccc(F)cc2C=O)c1. The van der Waals surface area contributed by atoms with E-state index in [4.69, 9.17) is 4.74 Å². The van der Waals surface area contributed by atoms with Gasteiger partial charge in [-0.15, -0.1) is 0 Å². The summed E-state index contributed by atoms with van der Waals surface area (Å²) in [5, 5.41) is 4.01. The number of ether oxygens (including phenoxy) is 1. The van der Waals surface area contributed by atoms with Crippen molar-refractivity contribution in [3.8, 4) is 11.4 Å². The molecule has 0 amide bonds. The van der Waals surface area contributed by atoms with E-state index in [0.717, 1.165) is 6.07 Å². The number of hydrogen-bond donors (Lipinski definition) is 0. The Labute approximate surface area is 91.3 Å². The minimum Gasteiger partial charge on any atom is -0.493 e. The van der Waals surface area contributed by atoms with Crippen molar-refractivity contribution in [1.29, 1.82) is 0 Å². The van der Waals surface area contributed by atoms with Gasteiger partial charge in [0.15, 0.2) is 12.0 Å². The first kappa shape index (κ1) is 10.4. The summed E-state index contributed by atoms with van der Waals surface area (Å²) in [6.07, 6.45) is 3.71. The van der Waals surface area contributed by atoms with E-state index in [2.05, 4.69) is 5.10 Å². The maximum atomic E-state index is 12.9. The molecule has 0 N–H and O–H groups in total. The van der Waals surface area contributed by atoms with Crippen molar-refractivity contribution in [2.24, 2.45) is 0 Å². The van der Waals surface area contributed by atoms with E-state index in [0.29, 0.717) is 17.7 Å². The van der Waals surface area contributed by atoms with Crippen molar-refractivity contribution >= 4 is 6.29 Å². The standard InChI is InChI=1S/C11H9FN2O2/c1-16-10-5-13-14(6-10)11-3-2-9(12)4-8(11)7-15/h2-7H,1H3. The molecule has 0 bridgehead atoms. The van der Waals surface area contributed by atoms with Crippen LogP contribution in [0, 0.1) is 5.82 Å². The molecule has 0 aliphatic heterocycles. The van der Waals surface area contributed by atoms with Gasteiger partial charge in [0.2, 0.25) is 0 Å². The van der Waals surface area contributed by atoms with Crippen LogP contribution in [0.15, 0.2) is 30.6 Å². The van der Waals surface area contributed by atoms with Crippen molar-refractivity contribution in [2.45, 2.75) is 0 Å². The Morgan fingerprint density at radius 1 is 1.50 bits per heavy atom. The van der Waals surface area contributed by atoms with Crippen LogP contribution in [0.5, 0.6) is 5.75 Å². The molecule has 82 valence electrons. The minimum atomic E-state index is -0.454. The van der Waals surface area contributed by atoms with Crippen LogP contribution in [0.4, 0.5) is 4.39 Å². The Hall–Kier alpha value is -2.17. The molecule has 0 saturated heterocycles. The molecule has 4 nitrogen and oxygen atoms in total. The highest BCUT2D eigenvalue weighted by Crippen LogP contribution is 2.17. The van der Waals surface area contributed by atoms with Crippen molar-refractivity contribution in [1.82, 2.24) is 9.78 Å². The number of hydrogen-bond acceptors (Lipinski definition) is 3. The number of benzene rings is 1. The van der Waals surface area contributed by atoms with Gasteiger partial charge in [0.25, 0.3) is 0 Å². The van der Waals surface area contributed by atoms with Gasteiger partial charge in [-0.1, -0.05) is 0 Å². The van der Waals surface area contributed by atoms with Gasteiger partial charge >= 0.3 is 0 Å². The summed E-state index contributed by atoms with van der Waals surface area (Å²) in [6, 6.07) is 3.93. The van der Waals surface area contributed by atoms with E-state index in [1.54, 1.807) is 6.20 Å². The molecule has 0 aliphatic carbocycles. The quantitative estimate of drug-likeness (QED) is 0.741. The van der Waals surface area contributed by atoms with Gasteiger partial charge in [-0.2, -0.15) is 5.10 Å². The zero-order valence-electron chi connectivity index (χ0n) is 8.55. The summed E-state index contributed by atoms with van der Waals surface area (Å²) < 4.78 is 19.3. The Bertz CT molecular complexity index is 522. The van der Waals surface area contributed by atoms with E-state index in [9.17, 15) is 9.18 Å². The molecule has 0 atom stereocenters. The first-order valence-corrected chi connectivity index (χ1v) is 4.58. The molecule has 5 heteroatoms. The molecule has 0 spiro atoms. The zero-order valence-corrected chi connectivity index (χ0v) is 8.55. The second kappa shape index (κ2) is 4.14. The van der Waals surface area contributed by atoms with Gasteiger partial charge in [0.05, 0.1) is 25.2 Å². The number of nitrogens with zero attached hydrogens (tertiary/aromatic N) is 2. The van der Waals surface area contributed by atoms with Crippen LogP contribution < -0.4 is 4.74 Å². The molecule has 2 rings (SSSR count). The maximum Gasteiger partial charge on any atom is 0.157 e. The lowest BCUT2D eigenvalue weighted by Crippen LogP contribution is -1.99. The molecule has 1 heterocycles. The zero-order chi connectivity index (χ0) is 11.5. The number of aldehydes is 1. The van der Waals surface area contributed by atoms with Crippen LogP contribution in [0.1, 0.15) is 10.4 Å². The molecule has 2 aromatic rings. The van der Waals surface area contributed by atoms with E-state index >= 15 is 0 Å². The first-order chi connectivity index (χ1) is 7.74. The first-order valence-electron chi connectivity index (χ1n) is 4.58. The highest BCUT2D eigenvalue weighted by atomic mass is 19.1. The lowest BCUT2D eigenvalue weighted by Gasteiger charge is -2.04. The molecule has 1 aromatic carbocycles. The van der Waals surface area contributed by atoms with Gasteiger partial charge in [-0.05, 0) is 18.2 Å². The molecule has 0 fully saturated rings. The van der Waals surface area contributed by atoms with E-state index in [1.165, 1.54) is 30.1 Å². The Kier molecular flexibility index (Phi) is 2.68. The molecule has 0 aliphatic rings. The van der Waals surface area contributed by atoms with Crippen molar-refractivity contribution in [2.75, 3.05) is 7.11 Å². The van der Waals surface area contributed by atoms with Gasteiger partial charge in [0, 0.05) is 5.56 Å². The number of carbonyl (C=O) groups excluding carboxylic acids is 1. The molecule has 0 saturated carbocycles. The second-order valence-corrected chi connectivity index (χ2v) is 3.15. The minimum absolute atomic E-state index is 0.241. The lowest BCUT2D eigenvalue weighted by atomic mass is 10.2. The molecular weight excluding hydrogens is 211 g/mol. The molecule has 16 heavy (non-hydrogen) atoms.